The molecule has 0 unspecified atom stereocenters. The van der Waals surface area contributed by atoms with Gasteiger partial charge in [0.1, 0.15) is 5.56 Å². The zero-order valence-corrected chi connectivity index (χ0v) is 9.91. The number of carbonyl (C=O) groups excluding carboxylic acids is 1. The Morgan fingerprint density at radius 1 is 1.47 bits per heavy atom. The lowest BCUT2D eigenvalue weighted by Crippen LogP contribution is -2.14. The number of rotatable bonds is 3. The third-order valence-corrected chi connectivity index (χ3v) is 2.33. The number of hydrogen-bond acceptors (Lipinski definition) is 6. The Labute approximate surface area is 107 Å². The van der Waals surface area contributed by atoms with Crippen molar-refractivity contribution in [2.24, 2.45) is 0 Å². The SMILES string of the molecule is Cc1cc(NC(=O)c2cc(N)ccc2[N+](=O)[O-])on1. The summed E-state index contributed by atoms with van der Waals surface area (Å²) in [6.45, 7) is 1.68. The molecule has 8 heteroatoms. The van der Waals surface area contributed by atoms with Gasteiger partial charge >= 0.3 is 0 Å². The highest BCUT2D eigenvalue weighted by Gasteiger charge is 2.21. The molecule has 98 valence electrons. The quantitative estimate of drug-likeness (QED) is 0.493. The summed E-state index contributed by atoms with van der Waals surface area (Å²) in [7, 11) is 0. The Kier molecular flexibility index (Phi) is 3.15. The number of nitrogens with one attached hydrogen (secondary N) is 1. The largest absolute Gasteiger partial charge is 0.399 e. The molecule has 2 rings (SSSR count). The van der Waals surface area contributed by atoms with E-state index in [1.54, 1.807) is 6.92 Å². The number of hydrogen-bond donors (Lipinski definition) is 2. The van der Waals surface area contributed by atoms with Crippen LogP contribution in [0.25, 0.3) is 0 Å². The topological polar surface area (TPSA) is 124 Å². The van der Waals surface area contributed by atoms with Gasteiger partial charge in [-0.25, -0.2) is 0 Å². The molecule has 1 aromatic carbocycles. The molecule has 1 aromatic heterocycles. The number of nitro groups is 1. The molecular formula is C11H10N4O4. The standard InChI is InChI=1S/C11H10N4O4/c1-6-4-10(19-14-6)13-11(16)8-5-7(12)2-3-9(8)15(17)18/h2-5H,12H2,1H3,(H,13,16). The summed E-state index contributed by atoms with van der Waals surface area (Å²) in [4.78, 5) is 22.1. The fourth-order valence-corrected chi connectivity index (χ4v) is 1.50. The van der Waals surface area contributed by atoms with Gasteiger partial charge in [0.2, 0.25) is 5.88 Å². The molecule has 3 N–H and O–H groups in total. The molecule has 0 aliphatic rings. The summed E-state index contributed by atoms with van der Waals surface area (Å²) in [5.41, 5.74) is 5.89. The number of nitrogens with zero attached hydrogens (tertiary/aromatic N) is 2. The minimum Gasteiger partial charge on any atom is -0.399 e. The van der Waals surface area contributed by atoms with Gasteiger partial charge in [0.15, 0.2) is 0 Å². The predicted octanol–water partition coefficient (Wildman–Crippen LogP) is 1.73. The molecule has 0 spiro atoms. The van der Waals surface area contributed by atoms with Gasteiger partial charge in [-0.1, -0.05) is 5.16 Å². The second-order valence-electron chi connectivity index (χ2n) is 3.82. The van der Waals surface area contributed by atoms with E-state index >= 15 is 0 Å². The van der Waals surface area contributed by atoms with E-state index in [0.29, 0.717) is 5.69 Å². The van der Waals surface area contributed by atoms with E-state index in [1.165, 1.54) is 24.3 Å². The number of aryl methyl sites for hydroxylation is 1. The first-order chi connectivity index (χ1) is 8.97. The van der Waals surface area contributed by atoms with Crippen molar-refractivity contribution in [3.8, 4) is 0 Å². The molecule has 8 nitrogen and oxygen atoms in total. The number of aromatic nitrogens is 1. The lowest BCUT2D eigenvalue weighted by Gasteiger charge is -2.03. The smallest absolute Gasteiger partial charge is 0.282 e. The molecule has 0 bridgehead atoms. The molecule has 2 aromatic rings. The van der Waals surface area contributed by atoms with Crippen LogP contribution in [0.15, 0.2) is 28.8 Å². The highest BCUT2D eigenvalue weighted by Crippen LogP contribution is 2.22. The monoisotopic (exact) mass is 262 g/mol. The molecule has 1 amide bonds. The van der Waals surface area contributed by atoms with Crippen molar-refractivity contribution in [1.29, 1.82) is 0 Å². The maximum Gasteiger partial charge on any atom is 0.282 e. The minimum atomic E-state index is -0.685. The Bertz CT molecular complexity index is 650. The maximum absolute atomic E-state index is 11.9. The first-order valence-corrected chi connectivity index (χ1v) is 5.26. The van der Waals surface area contributed by atoms with Crippen molar-refractivity contribution >= 4 is 23.2 Å². The van der Waals surface area contributed by atoms with E-state index in [2.05, 4.69) is 10.5 Å². The van der Waals surface area contributed by atoms with Gasteiger partial charge in [0.25, 0.3) is 11.6 Å². The predicted molar refractivity (Wildman–Crippen MR) is 66.7 cm³/mol. The summed E-state index contributed by atoms with van der Waals surface area (Å²) in [6.07, 6.45) is 0. The first-order valence-electron chi connectivity index (χ1n) is 5.26. The second kappa shape index (κ2) is 4.77. The maximum atomic E-state index is 11.9. The zero-order valence-electron chi connectivity index (χ0n) is 9.91. The molecule has 0 radical (unpaired) electrons. The minimum absolute atomic E-state index is 0.110. The molecule has 0 fully saturated rings. The summed E-state index contributed by atoms with van der Waals surface area (Å²) >= 11 is 0. The van der Waals surface area contributed by atoms with Gasteiger partial charge in [-0.05, 0) is 19.1 Å². The summed E-state index contributed by atoms with van der Waals surface area (Å²) in [5, 5.41) is 16.8. The fourth-order valence-electron chi connectivity index (χ4n) is 1.50. The molecule has 0 saturated heterocycles. The molecular weight excluding hydrogens is 252 g/mol. The van der Waals surface area contributed by atoms with Crippen LogP contribution in [0.4, 0.5) is 17.3 Å². The van der Waals surface area contributed by atoms with Crippen LogP contribution in [0.5, 0.6) is 0 Å². The highest BCUT2D eigenvalue weighted by atomic mass is 16.6. The normalized spacial score (nSPS) is 10.2. The Balaban J connectivity index is 2.32. The lowest BCUT2D eigenvalue weighted by molar-refractivity contribution is -0.385. The highest BCUT2D eigenvalue weighted by molar-refractivity contribution is 6.07. The average Bonchev–Trinajstić information content (AvgIpc) is 2.74. The van der Waals surface area contributed by atoms with Crippen LogP contribution in [0.2, 0.25) is 0 Å². The average molecular weight is 262 g/mol. The molecule has 0 saturated carbocycles. The van der Waals surface area contributed by atoms with Crippen LogP contribution in [-0.4, -0.2) is 16.0 Å². The van der Waals surface area contributed by atoms with Crippen LogP contribution in [-0.2, 0) is 0 Å². The molecule has 0 aliphatic heterocycles. The van der Waals surface area contributed by atoms with Gasteiger partial charge < -0.3 is 10.3 Å². The Hall–Kier alpha value is -2.90. The van der Waals surface area contributed by atoms with Crippen LogP contribution in [0.1, 0.15) is 16.1 Å². The van der Waals surface area contributed by atoms with Crippen molar-refractivity contribution < 1.29 is 14.2 Å². The van der Waals surface area contributed by atoms with Gasteiger partial charge in [-0.3, -0.25) is 20.2 Å². The molecule has 0 atom stereocenters. The van der Waals surface area contributed by atoms with Crippen LogP contribution < -0.4 is 11.1 Å². The van der Waals surface area contributed by atoms with E-state index in [9.17, 15) is 14.9 Å². The zero-order chi connectivity index (χ0) is 14.0. The fraction of sp³-hybridized carbons (Fsp3) is 0.0909. The third kappa shape index (κ3) is 2.68. The van der Waals surface area contributed by atoms with Crippen molar-refractivity contribution in [2.75, 3.05) is 11.1 Å². The van der Waals surface area contributed by atoms with Gasteiger partial charge in [-0.2, -0.15) is 0 Å². The Morgan fingerprint density at radius 2 is 2.21 bits per heavy atom. The van der Waals surface area contributed by atoms with Crippen molar-refractivity contribution in [3.05, 3.63) is 45.6 Å². The summed E-state index contributed by atoms with van der Waals surface area (Å²) in [5.74, 6) is -0.575. The third-order valence-electron chi connectivity index (χ3n) is 2.33. The van der Waals surface area contributed by atoms with Gasteiger partial charge in [0.05, 0.1) is 10.6 Å². The van der Waals surface area contributed by atoms with Gasteiger partial charge in [0, 0.05) is 17.8 Å². The van der Waals surface area contributed by atoms with Crippen molar-refractivity contribution in [1.82, 2.24) is 5.16 Å². The van der Waals surface area contributed by atoms with E-state index in [0.717, 1.165) is 0 Å². The molecule has 0 aliphatic carbocycles. The van der Waals surface area contributed by atoms with Crippen molar-refractivity contribution in [2.45, 2.75) is 6.92 Å². The van der Waals surface area contributed by atoms with E-state index in [1.807, 2.05) is 0 Å². The first kappa shape index (κ1) is 12.6. The Morgan fingerprint density at radius 3 is 2.79 bits per heavy atom. The van der Waals surface area contributed by atoms with Crippen molar-refractivity contribution in [3.63, 3.8) is 0 Å². The molecule has 1 heterocycles. The van der Waals surface area contributed by atoms with Crippen LogP contribution >= 0.6 is 0 Å². The number of nitrogens with two attached hydrogens (primary N) is 1. The van der Waals surface area contributed by atoms with Crippen LogP contribution in [0, 0.1) is 17.0 Å². The second-order valence-corrected chi connectivity index (χ2v) is 3.82. The number of nitro benzene ring substituents is 1. The van der Waals surface area contributed by atoms with E-state index in [-0.39, 0.29) is 22.8 Å². The number of carbonyl (C=O) groups is 1. The summed E-state index contributed by atoms with van der Waals surface area (Å²) in [6, 6.07) is 5.26. The van der Waals surface area contributed by atoms with E-state index < -0.39 is 10.8 Å². The summed E-state index contributed by atoms with van der Waals surface area (Å²) < 4.78 is 4.80. The number of anilines is 2. The lowest BCUT2D eigenvalue weighted by atomic mass is 10.1. The number of nitrogen functional groups attached to an aromatic ring is 1. The molecule has 19 heavy (non-hydrogen) atoms. The number of benzene rings is 1. The van der Waals surface area contributed by atoms with Gasteiger partial charge in [-0.15, -0.1) is 0 Å². The van der Waals surface area contributed by atoms with E-state index in [4.69, 9.17) is 10.3 Å². The number of amides is 1. The van der Waals surface area contributed by atoms with Crippen LogP contribution in [0.3, 0.4) is 0 Å².